The summed E-state index contributed by atoms with van der Waals surface area (Å²) in [7, 11) is -3.66. The van der Waals surface area contributed by atoms with Crippen LogP contribution in [-0.4, -0.2) is 21.5 Å². The van der Waals surface area contributed by atoms with Crippen molar-refractivity contribution < 1.29 is 21.8 Å². The van der Waals surface area contributed by atoms with E-state index in [4.69, 9.17) is 28.0 Å². The molecule has 8 heteroatoms. The van der Waals surface area contributed by atoms with Crippen LogP contribution in [-0.2, 0) is 19.1 Å². The first kappa shape index (κ1) is 17.3. The molecule has 4 nitrogen and oxygen atoms in total. The minimum absolute atomic E-state index is 0.119. The van der Waals surface area contributed by atoms with Crippen LogP contribution in [0.1, 0.15) is 18.6 Å². The lowest BCUT2D eigenvalue weighted by atomic mass is 10.1. The number of benzene rings is 1. The Labute approximate surface area is 115 Å². The van der Waals surface area contributed by atoms with Gasteiger partial charge in [-0.1, -0.05) is 23.2 Å². The highest BCUT2D eigenvalue weighted by Crippen LogP contribution is 2.34. The maximum Gasteiger partial charge on any atom is 0.264 e. The molecule has 0 fully saturated rings. The second-order valence-electron chi connectivity index (χ2n) is 3.20. The van der Waals surface area contributed by atoms with Gasteiger partial charge in [0.25, 0.3) is 10.1 Å². The van der Waals surface area contributed by atoms with Gasteiger partial charge in [-0.05, 0) is 19.1 Å². The molecule has 0 saturated carbocycles. The standard InChI is InChI=1S/C9H9Cl2FO3S.CH2O/c1-5(15-16(2,13)14)8-6(10)3-4-7(12)9(8)11;1-2/h3-5H,1-2H3;1H2/t5-;/m1./s1. The van der Waals surface area contributed by atoms with E-state index in [-0.39, 0.29) is 15.6 Å². The first-order valence-corrected chi connectivity index (χ1v) is 7.10. The van der Waals surface area contributed by atoms with E-state index in [0.29, 0.717) is 0 Å². The average Bonchev–Trinajstić information content (AvgIpc) is 2.24. The molecular weight excluding hydrogens is 306 g/mol. The summed E-state index contributed by atoms with van der Waals surface area (Å²) in [6.07, 6.45) is -0.0457. The molecule has 0 aliphatic carbocycles. The summed E-state index contributed by atoms with van der Waals surface area (Å²) in [6, 6.07) is 2.39. The van der Waals surface area contributed by atoms with Gasteiger partial charge in [0.15, 0.2) is 0 Å². The SMILES string of the molecule is C=O.C[C@@H](OS(C)(=O)=O)c1c(Cl)ccc(F)c1Cl. The highest BCUT2D eigenvalue weighted by atomic mass is 35.5. The van der Waals surface area contributed by atoms with E-state index in [0.717, 1.165) is 12.3 Å². The third-order valence-electron chi connectivity index (χ3n) is 1.81. The van der Waals surface area contributed by atoms with Gasteiger partial charge >= 0.3 is 0 Å². The Morgan fingerprint density at radius 1 is 1.33 bits per heavy atom. The molecule has 1 atom stereocenters. The Bertz CT molecular complexity index is 519. The van der Waals surface area contributed by atoms with Gasteiger partial charge in [-0.3, -0.25) is 4.18 Å². The van der Waals surface area contributed by atoms with Crippen molar-refractivity contribution in [2.45, 2.75) is 13.0 Å². The zero-order valence-electron chi connectivity index (χ0n) is 9.61. The van der Waals surface area contributed by atoms with Crippen LogP contribution in [0.15, 0.2) is 12.1 Å². The minimum Gasteiger partial charge on any atom is -0.307 e. The molecule has 1 aromatic carbocycles. The van der Waals surface area contributed by atoms with Crippen molar-refractivity contribution in [2.24, 2.45) is 0 Å². The predicted molar refractivity (Wildman–Crippen MR) is 67.9 cm³/mol. The Balaban J connectivity index is 0.00000137. The van der Waals surface area contributed by atoms with Gasteiger partial charge in [0.05, 0.1) is 11.3 Å². The predicted octanol–water partition coefficient (Wildman–Crippen LogP) is 2.98. The first-order valence-electron chi connectivity index (χ1n) is 4.53. The van der Waals surface area contributed by atoms with Crippen molar-refractivity contribution in [1.82, 2.24) is 0 Å². The molecule has 1 rings (SSSR count). The lowest BCUT2D eigenvalue weighted by Gasteiger charge is -2.14. The third kappa shape index (κ3) is 4.89. The van der Waals surface area contributed by atoms with Gasteiger partial charge in [0.2, 0.25) is 0 Å². The van der Waals surface area contributed by atoms with E-state index < -0.39 is 22.0 Å². The van der Waals surface area contributed by atoms with Crippen LogP contribution in [0.2, 0.25) is 10.0 Å². The van der Waals surface area contributed by atoms with Crippen LogP contribution in [0.25, 0.3) is 0 Å². The largest absolute Gasteiger partial charge is 0.307 e. The van der Waals surface area contributed by atoms with Crippen molar-refractivity contribution in [2.75, 3.05) is 6.26 Å². The van der Waals surface area contributed by atoms with Crippen LogP contribution in [0.5, 0.6) is 0 Å². The molecule has 0 bridgehead atoms. The zero-order chi connectivity index (χ0) is 14.5. The Morgan fingerprint density at radius 2 is 1.83 bits per heavy atom. The Morgan fingerprint density at radius 3 is 2.28 bits per heavy atom. The van der Waals surface area contributed by atoms with Crippen LogP contribution < -0.4 is 0 Å². The first-order chi connectivity index (χ1) is 8.22. The van der Waals surface area contributed by atoms with Gasteiger partial charge in [-0.15, -0.1) is 0 Å². The van der Waals surface area contributed by atoms with Crippen molar-refractivity contribution in [3.63, 3.8) is 0 Å². The lowest BCUT2D eigenvalue weighted by molar-refractivity contribution is -0.0979. The number of hydrogen-bond donors (Lipinski definition) is 0. The van der Waals surface area contributed by atoms with E-state index in [1.165, 1.54) is 13.0 Å². The molecule has 18 heavy (non-hydrogen) atoms. The lowest BCUT2D eigenvalue weighted by Crippen LogP contribution is -2.09. The fraction of sp³-hybridized carbons (Fsp3) is 0.300. The maximum atomic E-state index is 13.2. The molecule has 102 valence electrons. The van der Waals surface area contributed by atoms with E-state index in [1.807, 2.05) is 6.79 Å². The normalized spacial score (nSPS) is 12.5. The highest BCUT2D eigenvalue weighted by molar-refractivity contribution is 7.86. The molecule has 0 aliphatic heterocycles. The summed E-state index contributed by atoms with van der Waals surface area (Å²) in [5, 5.41) is -0.0776. The summed E-state index contributed by atoms with van der Waals surface area (Å²) < 4.78 is 39.7. The number of carbonyl (C=O) groups excluding carboxylic acids is 1. The van der Waals surface area contributed by atoms with Gasteiger partial charge < -0.3 is 4.79 Å². The maximum absolute atomic E-state index is 13.2. The monoisotopic (exact) mass is 316 g/mol. The number of rotatable bonds is 3. The van der Waals surface area contributed by atoms with Crippen molar-refractivity contribution in [3.05, 3.63) is 33.6 Å². The smallest absolute Gasteiger partial charge is 0.264 e. The molecule has 0 aliphatic rings. The molecule has 0 unspecified atom stereocenters. The van der Waals surface area contributed by atoms with Gasteiger partial charge in [-0.2, -0.15) is 8.42 Å². The minimum atomic E-state index is -3.66. The van der Waals surface area contributed by atoms with Crippen LogP contribution >= 0.6 is 23.2 Å². The van der Waals surface area contributed by atoms with Crippen molar-refractivity contribution >= 4 is 40.1 Å². The molecule has 0 aromatic heterocycles. The Kier molecular flexibility index (Phi) is 6.77. The molecule has 0 radical (unpaired) electrons. The van der Waals surface area contributed by atoms with Gasteiger partial charge in [0.1, 0.15) is 18.7 Å². The zero-order valence-corrected chi connectivity index (χ0v) is 11.9. The van der Waals surface area contributed by atoms with Crippen LogP contribution in [0.4, 0.5) is 4.39 Å². The van der Waals surface area contributed by atoms with E-state index >= 15 is 0 Å². The fourth-order valence-electron chi connectivity index (χ4n) is 1.23. The average molecular weight is 317 g/mol. The molecule has 0 N–H and O–H groups in total. The van der Waals surface area contributed by atoms with E-state index in [2.05, 4.69) is 4.18 Å². The molecule has 0 spiro atoms. The van der Waals surface area contributed by atoms with Crippen molar-refractivity contribution in [3.8, 4) is 0 Å². The number of hydrogen-bond acceptors (Lipinski definition) is 4. The topological polar surface area (TPSA) is 60.4 Å². The third-order valence-corrected chi connectivity index (χ3v) is 3.16. The molecule has 0 amide bonds. The number of carbonyl (C=O) groups is 1. The van der Waals surface area contributed by atoms with Gasteiger partial charge in [0, 0.05) is 10.6 Å². The molecular formula is C10H11Cl2FO4S. The van der Waals surface area contributed by atoms with Crippen LogP contribution in [0.3, 0.4) is 0 Å². The summed E-state index contributed by atoms with van der Waals surface area (Å²) in [5.41, 5.74) is 0.119. The van der Waals surface area contributed by atoms with E-state index in [1.54, 1.807) is 0 Å². The summed E-state index contributed by atoms with van der Waals surface area (Å²) in [6.45, 7) is 3.42. The highest BCUT2D eigenvalue weighted by Gasteiger charge is 2.20. The van der Waals surface area contributed by atoms with Gasteiger partial charge in [-0.25, -0.2) is 4.39 Å². The molecule has 0 heterocycles. The van der Waals surface area contributed by atoms with Crippen molar-refractivity contribution in [1.29, 1.82) is 0 Å². The second-order valence-corrected chi connectivity index (χ2v) is 5.59. The molecule has 0 saturated heterocycles. The summed E-state index contributed by atoms with van der Waals surface area (Å²) in [5.74, 6) is -0.676. The quantitative estimate of drug-likeness (QED) is 0.635. The Hall–Kier alpha value is -0.690. The van der Waals surface area contributed by atoms with Crippen LogP contribution in [0, 0.1) is 5.82 Å². The summed E-state index contributed by atoms with van der Waals surface area (Å²) in [4.78, 5) is 8.00. The molecule has 1 aromatic rings. The summed E-state index contributed by atoms with van der Waals surface area (Å²) >= 11 is 11.5. The van der Waals surface area contributed by atoms with E-state index in [9.17, 15) is 12.8 Å². The second kappa shape index (κ2) is 7.04. The number of halogens is 3. The fourth-order valence-corrected chi connectivity index (χ4v) is 2.52.